The molecule has 0 amide bonds. The molecule has 1 aromatic rings. The highest BCUT2D eigenvalue weighted by molar-refractivity contribution is 5.57. The molecule has 1 aliphatic heterocycles. The maximum absolute atomic E-state index is 9.01. The lowest BCUT2D eigenvalue weighted by Crippen LogP contribution is -2.35. The van der Waals surface area contributed by atoms with Crippen molar-refractivity contribution in [2.75, 3.05) is 25.0 Å². The van der Waals surface area contributed by atoms with Crippen LogP contribution in [0.25, 0.3) is 0 Å². The number of anilines is 1. The predicted molar refractivity (Wildman–Crippen MR) is 63.2 cm³/mol. The van der Waals surface area contributed by atoms with Crippen molar-refractivity contribution in [3.63, 3.8) is 0 Å². The van der Waals surface area contributed by atoms with Crippen molar-refractivity contribution in [2.24, 2.45) is 0 Å². The molecule has 4 nitrogen and oxygen atoms in total. The zero-order chi connectivity index (χ0) is 11.4. The molecule has 0 saturated carbocycles. The first-order valence-corrected chi connectivity index (χ1v) is 5.60. The second-order valence-corrected chi connectivity index (χ2v) is 4.18. The van der Waals surface area contributed by atoms with Gasteiger partial charge in [0.1, 0.15) is 6.07 Å². The molecule has 1 aliphatic rings. The Hall–Kier alpha value is -1.60. The lowest BCUT2D eigenvalue weighted by molar-refractivity contribution is 0.599. The third-order valence-corrected chi connectivity index (χ3v) is 2.99. The van der Waals surface area contributed by atoms with Crippen molar-refractivity contribution in [3.8, 4) is 6.07 Å². The van der Waals surface area contributed by atoms with E-state index in [2.05, 4.69) is 21.3 Å². The van der Waals surface area contributed by atoms with Gasteiger partial charge in [-0.05, 0) is 25.5 Å². The van der Waals surface area contributed by atoms with Crippen LogP contribution < -0.4 is 10.2 Å². The van der Waals surface area contributed by atoms with E-state index in [9.17, 15) is 0 Å². The van der Waals surface area contributed by atoms with E-state index in [1.165, 1.54) is 12.8 Å². The van der Waals surface area contributed by atoms with E-state index in [-0.39, 0.29) is 0 Å². The molecule has 0 spiro atoms. The minimum absolute atomic E-state index is 0.539. The quantitative estimate of drug-likeness (QED) is 0.823. The van der Waals surface area contributed by atoms with Gasteiger partial charge in [0.05, 0.1) is 17.4 Å². The number of nitrogens with zero attached hydrogens (tertiary/aromatic N) is 3. The van der Waals surface area contributed by atoms with Gasteiger partial charge < -0.3 is 10.2 Å². The van der Waals surface area contributed by atoms with Crippen LogP contribution in [0.4, 0.5) is 5.69 Å². The maximum Gasteiger partial charge on any atom is 0.101 e. The van der Waals surface area contributed by atoms with Crippen molar-refractivity contribution in [1.29, 1.82) is 5.26 Å². The molecule has 1 atom stereocenters. The molecule has 1 N–H and O–H groups in total. The summed E-state index contributed by atoms with van der Waals surface area (Å²) < 4.78 is 0. The second-order valence-electron chi connectivity index (χ2n) is 4.18. The van der Waals surface area contributed by atoms with Crippen molar-refractivity contribution < 1.29 is 0 Å². The van der Waals surface area contributed by atoms with E-state index in [0.717, 1.165) is 18.8 Å². The maximum atomic E-state index is 9.01. The van der Waals surface area contributed by atoms with Gasteiger partial charge in [-0.15, -0.1) is 0 Å². The fourth-order valence-electron chi connectivity index (χ4n) is 2.13. The molecule has 84 valence electrons. The Kier molecular flexibility index (Phi) is 3.37. The standard InChI is InChI=1S/C12H16N4/c1-16(9-11-3-2-5-15-11)12-8-14-6-4-10(12)7-13/h4,6,8,11,15H,2-3,5,9H2,1H3. The number of hydrogen-bond acceptors (Lipinski definition) is 4. The molecule has 0 aliphatic carbocycles. The van der Waals surface area contributed by atoms with Crippen LogP contribution in [0.3, 0.4) is 0 Å². The topological polar surface area (TPSA) is 52.0 Å². The molecular formula is C12H16N4. The van der Waals surface area contributed by atoms with Crippen LogP contribution in [0, 0.1) is 11.3 Å². The van der Waals surface area contributed by atoms with Crippen LogP contribution in [0.5, 0.6) is 0 Å². The summed E-state index contributed by atoms with van der Waals surface area (Å²) in [5.41, 5.74) is 1.61. The SMILES string of the molecule is CN(CC1CCCN1)c1cnccc1C#N. The minimum atomic E-state index is 0.539. The van der Waals surface area contributed by atoms with Gasteiger partial charge in [-0.25, -0.2) is 0 Å². The fourth-order valence-corrected chi connectivity index (χ4v) is 2.13. The number of rotatable bonds is 3. The highest BCUT2D eigenvalue weighted by Crippen LogP contribution is 2.18. The summed E-state index contributed by atoms with van der Waals surface area (Å²) in [6, 6.07) is 4.50. The van der Waals surface area contributed by atoms with Crippen molar-refractivity contribution in [3.05, 3.63) is 24.0 Å². The molecular weight excluding hydrogens is 200 g/mol. The highest BCUT2D eigenvalue weighted by Gasteiger charge is 2.17. The van der Waals surface area contributed by atoms with Gasteiger partial charge in [0, 0.05) is 25.8 Å². The van der Waals surface area contributed by atoms with Crippen molar-refractivity contribution >= 4 is 5.69 Å². The third kappa shape index (κ3) is 2.31. The smallest absolute Gasteiger partial charge is 0.101 e. The van der Waals surface area contributed by atoms with Gasteiger partial charge in [-0.3, -0.25) is 4.98 Å². The fraction of sp³-hybridized carbons (Fsp3) is 0.500. The van der Waals surface area contributed by atoms with Gasteiger partial charge in [0.25, 0.3) is 0 Å². The lowest BCUT2D eigenvalue weighted by atomic mass is 10.2. The molecule has 0 aromatic carbocycles. The second kappa shape index (κ2) is 4.95. The van der Waals surface area contributed by atoms with Crippen LogP contribution >= 0.6 is 0 Å². The van der Waals surface area contributed by atoms with E-state index in [0.29, 0.717) is 11.6 Å². The van der Waals surface area contributed by atoms with Gasteiger partial charge in [0.2, 0.25) is 0 Å². The molecule has 4 heteroatoms. The molecule has 0 bridgehead atoms. The number of hydrogen-bond donors (Lipinski definition) is 1. The van der Waals surface area contributed by atoms with Gasteiger partial charge in [0.15, 0.2) is 0 Å². The van der Waals surface area contributed by atoms with Crippen molar-refractivity contribution in [2.45, 2.75) is 18.9 Å². The van der Waals surface area contributed by atoms with Gasteiger partial charge >= 0.3 is 0 Å². The van der Waals surface area contributed by atoms with Crippen LogP contribution in [-0.4, -0.2) is 31.2 Å². The summed E-state index contributed by atoms with van der Waals surface area (Å²) in [5, 5.41) is 12.5. The number of nitriles is 1. The Balaban J connectivity index is 2.08. The lowest BCUT2D eigenvalue weighted by Gasteiger charge is -2.23. The normalized spacial score (nSPS) is 19.4. The Morgan fingerprint density at radius 3 is 3.25 bits per heavy atom. The average molecular weight is 216 g/mol. The summed E-state index contributed by atoms with van der Waals surface area (Å²) >= 11 is 0. The molecule has 2 heterocycles. The van der Waals surface area contributed by atoms with E-state index < -0.39 is 0 Å². The van der Waals surface area contributed by atoms with Crippen LogP contribution in [0.2, 0.25) is 0 Å². The van der Waals surface area contributed by atoms with Gasteiger partial charge in [-0.1, -0.05) is 0 Å². The largest absolute Gasteiger partial charge is 0.371 e. The molecule has 1 aromatic heterocycles. The zero-order valence-corrected chi connectivity index (χ0v) is 9.48. The number of nitrogens with one attached hydrogen (secondary N) is 1. The first-order valence-electron chi connectivity index (χ1n) is 5.60. The first-order chi connectivity index (χ1) is 7.81. The number of pyridine rings is 1. The highest BCUT2D eigenvalue weighted by atomic mass is 15.1. The van der Waals surface area contributed by atoms with E-state index in [1.54, 1.807) is 18.5 Å². The molecule has 0 radical (unpaired) electrons. The Morgan fingerprint density at radius 2 is 2.56 bits per heavy atom. The van der Waals surface area contributed by atoms with Gasteiger partial charge in [-0.2, -0.15) is 5.26 Å². The average Bonchev–Trinajstić information content (AvgIpc) is 2.81. The summed E-state index contributed by atoms with van der Waals surface area (Å²) in [6.45, 7) is 2.04. The molecule has 2 rings (SSSR count). The Morgan fingerprint density at radius 1 is 1.69 bits per heavy atom. The number of aromatic nitrogens is 1. The van der Waals surface area contributed by atoms with E-state index >= 15 is 0 Å². The molecule has 1 saturated heterocycles. The first kappa shape index (κ1) is 10.9. The van der Waals surface area contributed by atoms with Crippen LogP contribution in [-0.2, 0) is 0 Å². The van der Waals surface area contributed by atoms with Crippen LogP contribution in [0.15, 0.2) is 18.5 Å². The van der Waals surface area contributed by atoms with E-state index in [1.807, 2.05) is 7.05 Å². The third-order valence-electron chi connectivity index (χ3n) is 2.99. The Bertz CT molecular complexity index is 390. The van der Waals surface area contributed by atoms with Crippen LogP contribution in [0.1, 0.15) is 18.4 Å². The van der Waals surface area contributed by atoms with E-state index in [4.69, 9.17) is 5.26 Å². The molecule has 1 fully saturated rings. The summed E-state index contributed by atoms with van der Waals surface area (Å²) in [4.78, 5) is 6.18. The Labute approximate surface area is 95.9 Å². The predicted octanol–water partition coefficient (Wildman–Crippen LogP) is 1.14. The summed E-state index contributed by atoms with van der Waals surface area (Å²) in [7, 11) is 2.01. The monoisotopic (exact) mass is 216 g/mol. The minimum Gasteiger partial charge on any atom is -0.371 e. The molecule has 16 heavy (non-hydrogen) atoms. The zero-order valence-electron chi connectivity index (χ0n) is 9.48. The summed E-state index contributed by atoms with van der Waals surface area (Å²) in [6.07, 6.45) is 5.88. The molecule has 1 unspecified atom stereocenters. The number of likely N-dealkylation sites (N-methyl/N-ethyl adjacent to an activating group) is 1. The van der Waals surface area contributed by atoms with Crippen molar-refractivity contribution in [1.82, 2.24) is 10.3 Å². The summed E-state index contributed by atoms with van der Waals surface area (Å²) in [5.74, 6) is 0.